The number of halogens is 1. The normalized spacial score (nSPS) is 24.6. The van der Waals surface area contributed by atoms with Crippen LogP contribution < -0.4 is 4.90 Å². The summed E-state index contributed by atoms with van der Waals surface area (Å²) in [5.41, 5.74) is 1.17. The van der Waals surface area contributed by atoms with Crippen LogP contribution in [0.5, 0.6) is 0 Å². The van der Waals surface area contributed by atoms with Gasteiger partial charge in [0, 0.05) is 31.4 Å². The predicted octanol–water partition coefficient (Wildman–Crippen LogP) is 2.85. The molecule has 0 aliphatic carbocycles. The van der Waals surface area contributed by atoms with Crippen molar-refractivity contribution in [2.75, 3.05) is 24.7 Å². The van der Waals surface area contributed by atoms with Crippen molar-refractivity contribution in [1.82, 2.24) is 9.97 Å². The Morgan fingerprint density at radius 3 is 2.33 bits per heavy atom. The van der Waals surface area contributed by atoms with Gasteiger partial charge in [0.15, 0.2) is 0 Å². The molecule has 0 radical (unpaired) electrons. The molecule has 0 aromatic carbocycles. The van der Waals surface area contributed by atoms with Gasteiger partial charge in [0.2, 0.25) is 5.95 Å². The molecular weight excluding hydrogens is 229 g/mol. The molecule has 18 heavy (non-hydrogen) atoms. The molecule has 2 unspecified atom stereocenters. The molecular formula is C14H22FN3. The zero-order valence-electron chi connectivity index (χ0n) is 11.7. The van der Waals surface area contributed by atoms with Gasteiger partial charge in [-0.25, -0.2) is 9.97 Å². The molecule has 1 aliphatic rings. The van der Waals surface area contributed by atoms with Gasteiger partial charge in [-0.1, -0.05) is 20.8 Å². The van der Waals surface area contributed by atoms with Crippen molar-refractivity contribution >= 4 is 5.95 Å². The topological polar surface area (TPSA) is 29.0 Å². The third-order valence-corrected chi connectivity index (χ3v) is 3.80. The van der Waals surface area contributed by atoms with E-state index in [1.54, 1.807) is 0 Å². The Kier molecular flexibility index (Phi) is 3.55. The first-order valence-corrected chi connectivity index (χ1v) is 6.51. The third kappa shape index (κ3) is 2.62. The van der Waals surface area contributed by atoms with E-state index in [2.05, 4.69) is 35.6 Å². The summed E-state index contributed by atoms with van der Waals surface area (Å²) in [6, 6.07) is 0. The minimum atomic E-state index is -0.260. The lowest BCUT2D eigenvalue weighted by atomic mass is 9.75. The Morgan fingerprint density at radius 1 is 1.28 bits per heavy atom. The monoisotopic (exact) mass is 251 g/mol. The summed E-state index contributed by atoms with van der Waals surface area (Å²) in [4.78, 5) is 10.8. The van der Waals surface area contributed by atoms with Gasteiger partial charge in [0.05, 0.1) is 6.67 Å². The molecule has 1 aromatic heterocycles. The van der Waals surface area contributed by atoms with Gasteiger partial charge in [0.1, 0.15) is 0 Å². The number of aromatic nitrogens is 2. The van der Waals surface area contributed by atoms with Crippen LogP contribution in [-0.2, 0) is 0 Å². The summed E-state index contributed by atoms with van der Waals surface area (Å²) in [6.45, 7) is 9.82. The number of anilines is 1. The molecule has 0 bridgehead atoms. The highest BCUT2D eigenvalue weighted by Crippen LogP contribution is 2.38. The van der Waals surface area contributed by atoms with Gasteiger partial charge < -0.3 is 4.90 Å². The molecule has 1 saturated heterocycles. The molecule has 2 atom stereocenters. The molecule has 1 aromatic rings. The van der Waals surface area contributed by atoms with Gasteiger partial charge >= 0.3 is 0 Å². The van der Waals surface area contributed by atoms with Crippen molar-refractivity contribution in [2.45, 2.75) is 27.7 Å². The van der Waals surface area contributed by atoms with Crippen LogP contribution >= 0.6 is 0 Å². The number of rotatable bonds is 2. The van der Waals surface area contributed by atoms with E-state index in [1.165, 1.54) is 0 Å². The van der Waals surface area contributed by atoms with Crippen LogP contribution in [-0.4, -0.2) is 29.7 Å². The molecule has 2 rings (SSSR count). The number of aryl methyl sites for hydroxylation is 1. The minimum Gasteiger partial charge on any atom is -0.340 e. The molecule has 0 N–H and O–H groups in total. The number of alkyl halides is 1. The molecule has 3 nitrogen and oxygen atoms in total. The second kappa shape index (κ2) is 4.82. The molecule has 0 amide bonds. The summed E-state index contributed by atoms with van der Waals surface area (Å²) in [7, 11) is 0. The fourth-order valence-corrected chi connectivity index (χ4v) is 2.72. The highest BCUT2D eigenvalue weighted by atomic mass is 19.1. The van der Waals surface area contributed by atoms with Crippen molar-refractivity contribution < 1.29 is 4.39 Å². The average molecular weight is 251 g/mol. The van der Waals surface area contributed by atoms with Crippen LogP contribution in [0.3, 0.4) is 0 Å². The molecule has 0 spiro atoms. The van der Waals surface area contributed by atoms with Crippen molar-refractivity contribution in [1.29, 1.82) is 0 Å². The highest BCUT2D eigenvalue weighted by Gasteiger charge is 2.40. The Morgan fingerprint density at radius 2 is 1.89 bits per heavy atom. The number of hydrogen-bond donors (Lipinski definition) is 0. The summed E-state index contributed by atoms with van der Waals surface area (Å²) in [6.07, 6.45) is 3.63. The standard InChI is InChI=1S/C14H22FN3/c1-10-6-16-13(17-7-10)18-8-11(5-15)12(9-18)14(2,3)4/h6-7,11-12H,5,8-9H2,1-4H3. The molecule has 4 heteroatoms. The summed E-state index contributed by atoms with van der Waals surface area (Å²) < 4.78 is 13.2. The van der Waals surface area contributed by atoms with E-state index in [9.17, 15) is 4.39 Å². The van der Waals surface area contributed by atoms with Crippen molar-refractivity contribution in [3.05, 3.63) is 18.0 Å². The Bertz CT molecular complexity index is 396. The zero-order chi connectivity index (χ0) is 13.3. The summed E-state index contributed by atoms with van der Waals surface area (Å²) in [5.74, 6) is 1.17. The zero-order valence-corrected chi connectivity index (χ0v) is 11.7. The summed E-state index contributed by atoms with van der Waals surface area (Å²) in [5, 5.41) is 0. The maximum absolute atomic E-state index is 13.2. The van der Waals surface area contributed by atoms with Crippen LogP contribution in [0.25, 0.3) is 0 Å². The number of hydrogen-bond acceptors (Lipinski definition) is 3. The fraction of sp³-hybridized carbons (Fsp3) is 0.714. The Balaban J connectivity index is 2.16. The van der Waals surface area contributed by atoms with E-state index in [1.807, 2.05) is 19.3 Å². The maximum atomic E-state index is 13.2. The van der Waals surface area contributed by atoms with Crippen LogP contribution in [0.1, 0.15) is 26.3 Å². The number of nitrogens with zero attached hydrogens (tertiary/aromatic N) is 3. The Hall–Kier alpha value is -1.19. The molecule has 0 saturated carbocycles. The molecule has 100 valence electrons. The summed E-state index contributed by atoms with van der Waals surface area (Å²) >= 11 is 0. The van der Waals surface area contributed by atoms with Crippen LogP contribution in [0, 0.1) is 24.2 Å². The predicted molar refractivity (Wildman–Crippen MR) is 71.4 cm³/mol. The van der Waals surface area contributed by atoms with E-state index >= 15 is 0 Å². The van der Waals surface area contributed by atoms with Crippen LogP contribution in [0.4, 0.5) is 10.3 Å². The maximum Gasteiger partial charge on any atom is 0.225 e. The van der Waals surface area contributed by atoms with E-state index in [0.717, 1.165) is 24.6 Å². The van der Waals surface area contributed by atoms with E-state index in [-0.39, 0.29) is 18.0 Å². The van der Waals surface area contributed by atoms with Crippen LogP contribution in [0.15, 0.2) is 12.4 Å². The largest absolute Gasteiger partial charge is 0.340 e. The van der Waals surface area contributed by atoms with Gasteiger partial charge in [-0.3, -0.25) is 4.39 Å². The van der Waals surface area contributed by atoms with E-state index in [4.69, 9.17) is 0 Å². The highest BCUT2D eigenvalue weighted by molar-refractivity contribution is 5.32. The van der Waals surface area contributed by atoms with Gasteiger partial charge in [-0.2, -0.15) is 0 Å². The lowest BCUT2D eigenvalue weighted by Crippen LogP contribution is -2.29. The molecule has 1 aliphatic heterocycles. The van der Waals surface area contributed by atoms with Gasteiger partial charge in [-0.15, -0.1) is 0 Å². The van der Waals surface area contributed by atoms with E-state index < -0.39 is 0 Å². The lowest BCUT2D eigenvalue weighted by Gasteiger charge is -2.30. The first-order chi connectivity index (χ1) is 8.41. The smallest absolute Gasteiger partial charge is 0.225 e. The fourth-order valence-electron chi connectivity index (χ4n) is 2.72. The average Bonchev–Trinajstić information content (AvgIpc) is 2.73. The molecule has 2 heterocycles. The first-order valence-electron chi connectivity index (χ1n) is 6.51. The minimum absolute atomic E-state index is 0.0925. The Labute approximate surface area is 108 Å². The third-order valence-electron chi connectivity index (χ3n) is 3.80. The van der Waals surface area contributed by atoms with E-state index in [0.29, 0.717) is 5.92 Å². The SMILES string of the molecule is Cc1cnc(N2CC(CF)C(C(C)(C)C)C2)nc1. The lowest BCUT2D eigenvalue weighted by molar-refractivity contribution is 0.178. The van der Waals surface area contributed by atoms with Crippen molar-refractivity contribution in [2.24, 2.45) is 17.3 Å². The van der Waals surface area contributed by atoms with Gasteiger partial charge in [0.25, 0.3) is 0 Å². The second-order valence-corrected chi connectivity index (χ2v) is 6.35. The second-order valence-electron chi connectivity index (χ2n) is 6.35. The first kappa shape index (κ1) is 13.2. The quantitative estimate of drug-likeness (QED) is 0.809. The molecule has 1 fully saturated rings. The van der Waals surface area contributed by atoms with Crippen molar-refractivity contribution in [3.63, 3.8) is 0 Å². The van der Waals surface area contributed by atoms with Crippen LogP contribution in [0.2, 0.25) is 0 Å². The van der Waals surface area contributed by atoms with Crippen molar-refractivity contribution in [3.8, 4) is 0 Å². The van der Waals surface area contributed by atoms with Gasteiger partial charge in [-0.05, 0) is 23.8 Å².